The maximum atomic E-state index is 12.3. The van der Waals surface area contributed by atoms with E-state index in [0.29, 0.717) is 18.1 Å². The number of sulfone groups is 1. The number of rotatable bonds is 5. The molecule has 2 aliphatic rings. The fraction of sp³-hybridized carbons (Fsp3) is 0.667. The van der Waals surface area contributed by atoms with Crippen LogP contribution in [0.2, 0.25) is 0 Å². The lowest BCUT2D eigenvalue weighted by Gasteiger charge is -2.35. The van der Waals surface area contributed by atoms with Crippen LogP contribution in [-0.2, 0) is 14.6 Å². The van der Waals surface area contributed by atoms with Crippen LogP contribution in [0.15, 0.2) is 0 Å². The van der Waals surface area contributed by atoms with E-state index in [1.54, 1.807) is 0 Å². The minimum absolute atomic E-state index is 0.0728. The number of nitrogens with one attached hydrogen (secondary N) is 1. The molecular weight excluding hydrogens is 426 g/mol. The summed E-state index contributed by atoms with van der Waals surface area (Å²) in [6, 6.07) is -0.0728. The molecule has 2 aromatic heterocycles. The van der Waals surface area contributed by atoms with Crippen molar-refractivity contribution in [3.63, 3.8) is 0 Å². The zero-order valence-electron chi connectivity index (χ0n) is 17.5. The van der Waals surface area contributed by atoms with E-state index < -0.39 is 9.84 Å². The van der Waals surface area contributed by atoms with Crippen LogP contribution >= 0.6 is 11.3 Å². The predicted molar refractivity (Wildman–Crippen MR) is 116 cm³/mol. The Kier molecular flexibility index (Phi) is 5.82. The van der Waals surface area contributed by atoms with Crippen LogP contribution in [0.3, 0.4) is 0 Å². The van der Waals surface area contributed by atoms with Gasteiger partial charge >= 0.3 is 0 Å². The summed E-state index contributed by atoms with van der Waals surface area (Å²) in [5, 5.41) is 16.7. The molecule has 0 bridgehead atoms. The smallest absolute Gasteiger partial charge is 0.240 e. The highest BCUT2D eigenvalue weighted by Gasteiger charge is 2.32. The Hall–Kier alpha value is -2.05. The van der Waals surface area contributed by atoms with Gasteiger partial charge in [0.25, 0.3) is 0 Å². The molecule has 0 aromatic carbocycles. The highest BCUT2D eigenvalue weighted by Crippen LogP contribution is 2.31. The molecule has 0 radical (unpaired) electrons. The Balaban J connectivity index is 1.35. The number of nitrogens with zero attached hydrogens (tertiary/aromatic N) is 6. The SMILES string of the molecule is Cc1nnc(NC(=O)CN2CCN(c3c(C)nn(C4CCS(=O)(=O)C4)c3C)CC2)s1. The van der Waals surface area contributed by atoms with Crippen molar-refractivity contribution in [3.05, 3.63) is 16.4 Å². The normalized spacial score (nSPS) is 21.8. The maximum absolute atomic E-state index is 12.3. The van der Waals surface area contributed by atoms with Crippen molar-refractivity contribution in [2.75, 3.05) is 54.4 Å². The molecule has 12 heteroatoms. The quantitative estimate of drug-likeness (QED) is 0.707. The molecule has 30 heavy (non-hydrogen) atoms. The molecule has 2 saturated heterocycles. The summed E-state index contributed by atoms with van der Waals surface area (Å²) in [7, 11) is -2.96. The molecule has 10 nitrogen and oxygen atoms in total. The maximum Gasteiger partial charge on any atom is 0.240 e. The number of hydrogen-bond donors (Lipinski definition) is 1. The topological polar surface area (TPSA) is 113 Å². The Bertz CT molecular complexity index is 1040. The van der Waals surface area contributed by atoms with Crippen molar-refractivity contribution in [1.29, 1.82) is 0 Å². The number of aromatic nitrogens is 4. The van der Waals surface area contributed by atoms with Gasteiger partial charge in [-0.3, -0.25) is 19.7 Å². The van der Waals surface area contributed by atoms with Crippen LogP contribution in [0.5, 0.6) is 0 Å². The number of anilines is 2. The standard InChI is InChI=1S/C18H27N7O3S2/c1-12-17(13(2)25(22-12)15-4-9-30(27,28)11-15)24-7-5-23(6-8-24)10-16(26)19-18-21-20-14(3)29-18/h15H,4-11H2,1-3H3,(H,19,21,26). The van der Waals surface area contributed by atoms with E-state index in [9.17, 15) is 13.2 Å². The van der Waals surface area contributed by atoms with E-state index in [-0.39, 0.29) is 23.5 Å². The summed E-state index contributed by atoms with van der Waals surface area (Å²) < 4.78 is 25.6. The summed E-state index contributed by atoms with van der Waals surface area (Å²) in [6.45, 7) is 9.29. The minimum atomic E-state index is -2.96. The second-order valence-corrected chi connectivity index (χ2v) is 11.4. The van der Waals surface area contributed by atoms with E-state index in [0.717, 1.165) is 48.3 Å². The fourth-order valence-electron chi connectivity index (χ4n) is 4.27. The third-order valence-corrected chi connectivity index (χ3v) is 8.17. The molecule has 2 aliphatic heterocycles. The van der Waals surface area contributed by atoms with Gasteiger partial charge in [-0.1, -0.05) is 11.3 Å². The van der Waals surface area contributed by atoms with Gasteiger partial charge in [-0.15, -0.1) is 10.2 Å². The van der Waals surface area contributed by atoms with Gasteiger partial charge in [-0.05, 0) is 27.2 Å². The molecule has 0 saturated carbocycles. The summed E-state index contributed by atoms with van der Waals surface area (Å²) >= 11 is 1.36. The number of carbonyl (C=O) groups excluding carboxylic acids is 1. The molecule has 0 spiro atoms. The molecule has 1 amide bonds. The van der Waals surface area contributed by atoms with Crippen molar-refractivity contribution in [2.24, 2.45) is 0 Å². The summed E-state index contributed by atoms with van der Waals surface area (Å²) in [5.41, 5.74) is 3.04. The van der Waals surface area contributed by atoms with Crippen LogP contribution in [0.25, 0.3) is 0 Å². The van der Waals surface area contributed by atoms with Gasteiger partial charge in [0.15, 0.2) is 9.84 Å². The van der Waals surface area contributed by atoms with E-state index in [1.807, 2.05) is 25.5 Å². The molecule has 4 heterocycles. The molecule has 4 rings (SSSR count). The molecule has 1 atom stereocenters. The molecule has 164 valence electrons. The first-order valence-corrected chi connectivity index (χ1v) is 12.7. The highest BCUT2D eigenvalue weighted by molar-refractivity contribution is 7.91. The Morgan fingerprint density at radius 3 is 2.50 bits per heavy atom. The van der Waals surface area contributed by atoms with Crippen molar-refractivity contribution < 1.29 is 13.2 Å². The summed E-state index contributed by atoms with van der Waals surface area (Å²) in [6.07, 6.45) is 0.626. The van der Waals surface area contributed by atoms with Crippen molar-refractivity contribution >= 4 is 37.9 Å². The monoisotopic (exact) mass is 453 g/mol. The number of piperazine rings is 1. The Labute approximate surface area is 180 Å². The zero-order chi connectivity index (χ0) is 21.5. The van der Waals surface area contributed by atoms with Crippen molar-refractivity contribution in [2.45, 2.75) is 33.2 Å². The lowest BCUT2D eigenvalue weighted by atomic mass is 10.2. The molecular formula is C18H27N7O3S2. The van der Waals surface area contributed by atoms with Gasteiger partial charge in [-0.2, -0.15) is 5.10 Å². The largest absolute Gasteiger partial charge is 0.366 e. The minimum Gasteiger partial charge on any atom is -0.366 e. The average molecular weight is 454 g/mol. The lowest BCUT2D eigenvalue weighted by Crippen LogP contribution is -2.49. The molecule has 2 aromatic rings. The fourth-order valence-corrected chi connectivity index (χ4v) is 6.57. The van der Waals surface area contributed by atoms with E-state index >= 15 is 0 Å². The zero-order valence-corrected chi connectivity index (χ0v) is 19.1. The number of aryl methyl sites for hydroxylation is 2. The first-order valence-electron chi connectivity index (χ1n) is 10.1. The van der Waals surface area contributed by atoms with E-state index in [4.69, 9.17) is 0 Å². The van der Waals surface area contributed by atoms with Gasteiger partial charge in [-0.25, -0.2) is 8.42 Å². The number of hydrogen-bond acceptors (Lipinski definition) is 9. The van der Waals surface area contributed by atoms with Gasteiger partial charge < -0.3 is 4.90 Å². The molecule has 2 fully saturated rings. The van der Waals surface area contributed by atoms with Crippen LogP contribution < -0.4 is 10.2 Å². The van der Waals surface area contributed by atoms with E-state index in [2.05, 4.69) is 30.4 Å². The van der Waals surface area contributed by atoms with Gasteiger partial charge in [0, 0.05) is 26.2 Å². The van der Waals surface area contributed by atoms with Gasteiger partial charge in [0.05, 0.1) is 41.2 Å². The number of amides is 1. The lowest BCUT2D eigenvalue weighted by molar-refractivity contribution is -0.117. The predicted octanol–water partition coefficient (Wildman–Crippen LogP) is 0.780. The Morgan fingerprint density at radius 1 is 1.17 bits per heavy atom. The summed E-state index contributed by atoms with van der Waals surface area (Å²) in [5.74, 6) is 0.330. The van der Waals surface area contributed by atoms with E-state index in [1.165, 1.54) is 11.3 Å². The van der Waals surface area contributed by atoms with Crippen molar-refractivity contribution in [3.8, 4) is 0 Å². The number of carbonyl (C=O) groups is 1. The summed E-state index contributed by atoms with van der Waals surface area (Å²) in [4.78, 5) is 16.7. The Morgan fingerprint density at radius 2 is 1.90 bits per heavy atom. The van der Waals surface area contributed by atoms with Gasteiger partial charge in [0.1, 0.15) is 5.01 Å². The van der Waals surface area contributed by atoms with Crippen LogP contribution in [0, 0.1) is 20.8 Å². The van der Waals surface area contributed by atoms with Crippen molar-refractivity contribution in [1.82, 2.24) is 24.9 Å². The molecule has 1 N–H and O–H groups in total. The van der Waals surface area contributed by atoms with Gasteiger partial charge in [0.2, 0.25) is 11.0 Å². The van der Waals surface area contributed by atoms with Crippen LogP contribution in [0.1, 0.15) is 28.9 Å². The average Bonchev–Trinajstić information content (AvgIpc) is 3.33. The van der Waals surface area contributed by atoms with Crippen LogP contribution in [-0.4, -0.2) is 83.4 Å². The molecule has 1 unspecified atom stereocenters. The second-order valence-electron chi connectivity index (χ2n) is 7.96. The third-order valence-electron chi connectivity index (χ3n) is 5.67. The first kappa shape index (κ1) is 21.2. The highest BCUT2D eigenvalue weighted by atomic mass is 32.2. The molecule has 0 aliphatic carbocycles. The second kappa shape index (κ2) is 8.23. The third kappa shape index (κ3) is 4.49. The van der Waals surface area contributed by atoms with Crippen LogP contribution in [0.4, 0.5) is 10.8 Å². The first-order chi connectivity index (χ1) is 14.2.